The molecule has 98 valence electrons. The zero-order valence-corrected chi connectivity index (χ0v) is 11.9. The van der Waals surface area contributed by atoms with Gasteiger partial charge in [-0.15, -0.1) is 0 Å². The van der Waals surface area contributed by atoms with Gasteiger partial charge < -0.3 is 16.0 Å². The van der Waals surface area contributed by atoms with Gasteiger partial charge in [-0.25, -0.2) is 0 Å². The van der Waals surface area contributed by atoms with E-state index in [1.54, 1.807) is 0 Å². The van der Waals surface area contributed by atoms with Gasteiger partial charge in [0.25, 0.3) is 0 Å². The first-order valence-corrected chi connectivity index (χ1v) is 6.76. The Morgan fingerprint density at radius 1 is 1.28 bits per heavy atom. The van der Waals surface area contributed by atoms with Crippen molar-refractivity contribution in [3.63, 3.8) is 0 Å². The van der Waals surface area contributed by atoms with E-state index in [9.17, 15) is 0 Å². The molecule has 1 heterocycles. The van der Waals surface area contributed by atoms with Crippen molar-refractivity contribution < 1.29 is 0 Å². The molecule has 1 aromatic rings. The maximum Gasteiger partial charge on any atom is 0.168 e. The van der Waals surface area contributed by atoms with Crippen LogP contribution in [-0.2, 0) is 5.41 Å². The molecule has 1 aromatic carbocycles. The van der Waals surface area contributed by atoms with Crippen LogP contribution in [0.3, 0.4) is 0 Å². The molecule has 18 heavy (non-hydrogen) atoms. The molecule has 0 bridgehead atoms. The molecule has 0 amide bonds. The van der Waals surface area contributed by atoms with Crippen LogP contribution >= 0.6 is 12.2 Å². The number of benzene rings is 1. The predicted molar refractivity (Wildman–Crippen MR) is 80.9 cm³/mol. The standard InChI is InChI=1S/C14H21N3S/c1-14(7-9-17(2)10-8-14)11-3-5-12(6-4-11)16-13(15)18/h3-6H,7-10H2,1-2H3,(H3,15,16,18). The number of hydrogen-bond acceptors (Lipinski definition) is 2. The molecular weight excluding hydrogens is 242 g/mol. The van der Waals surface area contributed by atoms with Crippen molar-refractivity contribution in [2.75, 3.05) is 25.5 Å². The summed E-state index contributed by atoms with van der Waals surface area (Å²) < 4.78 is 0. The minimum absolute atomic E-state index is 0.300. The van der Waals surface area contributed by atoms with Crippen molar-refractivity contribution in [1.82, 2.24) is 4.90 Å². The van der Waals surface area contributed by atoms with E-state index >= 15 is 0 Å². The van der Waals surface area contributed by atoms with E-state index < -0.39 is 0 Å². The normalized spacial score (nSPS) is 19.4. The van der Waals surface area contributed by atoms with Crippen LogP contribution < -0.4 is 11.1 Å². The second-order valence-corrected chi connectivity index (χ2v) is 5.87. The summed E-state index contributed by atoms with van der Waals surface area (Å²) in [6.07, 6.45) is 2.43. The molecule has 0 spiro atoms. The molecule has 1 saturated heterocycles. The molecular formula is C14H21N3S. The summed E-state index contributed by atoms with van der Waals surface area (Å²) in [5.74, 6) is 0. The molecule has 0 saturated carbocycles. The lowest BCUT2D eigenvalue weighted by Gasteiger charge is -2.38. The van der Waals surface area contributed by atoms with Crippen molar-refractivity contribution in [3.05, 3.63) is 29.8 Å². The molecule has 1 aliphatic rings. The van der Waals surface area contributed by atoms with Crippen LogP contribution in [0.2, 0.25) is 0 Å². The highest BCUT2D eigenvalue weighted by molar-refractivity contribution is 7.80. The maximum absolute atomic E-state index is 5.46. The summed E-state index contributed by atoms with van der Waals surface area (Å²) in [6, 6.07) is 8.48. The third-order valence-electron chi connectivity index (χ3n) is 3.94. The first kappa shape index (κ1) is 13.3. The summed E-state index contributed by atoms with van der Waals surface area (Å²) >= 11 is 4.83. The third kappa shape index (κ3) is 3.00. The second kappa shape index (κ2) is 5.24. The van der Waals surface area contributed by atoms with E-state index in [2.05, 4.69) is 48.5 Å². The molecule has 0 aromatic heterocycles. The Labute approximate surface area is 114 Å². The Morgan fingerprint density at radius 2 is 1.83 bits per heavy atom. The largest absolute Gasteiger partial charge is 0.376 e. The molecule has 0 radical (unpaired) electrons. The Kier molecular flexibility index (Phi) is 3.88. The zero-order chi connectivity index (χ0) is 13.2. The number of nitrogens with two attached hydrogens (primary N) is 1. The fourth-order valence-corrected chi connectivity index (χ4v) is 2.62. The minimum Gasteiger partial charge on any atom is -0.376 e. The van der Waals surface area contributed by atoms with Crippen molar-refractivity contribution in [1.29, 1.82) is 0 Å². The Balaban J connectivity index is 2.11. The summed E-state index contributed by atoms with van der Waals surface area (Å²) in [4.78, 5) is 2.39. The van der Waals surface area contributed by atoms with Gasteiger partial charge in [-0.2, -0.15) is 0 Å². The third-order valence-corrected chi connectivity index (χ3v) is 4.04. The molecule has 1 fully saturated rings. The van der Waals surface area contributed by atoms with Gasteiger partial charge in [-0.05, 0) is 68.3 Å². The molecule has 0 unspecified atom stereocenters. The summed E-state index contributed by atoms with van der Waals surface area (Å²) in [6.45, 7) is 4.70. The average Bonchev–Trinajstić information content (AvgIpc) is 2.33. The molecule has 3 N–H and O–H groups in total. The number of likely N-dealkylation sites (tertiary alicyclic amines) is 1. The molecule has 0 aliphatic carbocycles. The molecule has 4 heteroatoms. The maximum atomic E-state index is 5.46. The van der Waals surface area contributed by atoms with Gasteiger partial charge in [0, 0.05) is 5.69 Å². The number of hydrogen-bond donors (Lipinski definition) is 2. The van der Waals surface area contributed by atoms with Crippen molar-refractivity contribution in [2.45, 2.75) is 25.2 Å². The number of nitrogens with one attached hydrogen (secondary N) is 1. The van der Waals surface area contributed by atoms with Gasteiger partial charge in [0.2, 0.25) is 0 Å². The Morgan fingerprint density at radius 3 is 2.33 bits per heavy atom. The van der Waals surface area contributed by atoms with Gasteiger partial charge in [-0.3, -0.25) is 0 Å². The quantitative estimate of drug-likeness (QED) is 0.804. The lowest BCUT2D eigenvalue weighted by Crippen LogP contribution is -2.38. The highest BCUT2D eigenvalue weighted by Crippen LogP contribution is 2.35. The molecule has 1 aliphatic heterocycles. The second-order valence-electron chi connectivity index (χ2n) is 5.43. The van der Waals surface area contributed by atoms with Crippen LogP contribution in [0.4, 0.5) is 5.69 Å². The van der Waals surface area contributed by atoms with E-state index in [4.69, 9.17) is 18.0 Å². The van der Waals surface area contributed by atoms with Gasteiger partial charge in [0.15, 0.2) is 5.11 Å². The van der Waals surface area contributed by atoms with Crippen LogP contribution in [-0.4, -0.2) is 30.1 Å². The fourth-order valence-electron chi connectivity index (χ4n) is 2.50. The highest BCUT2D eigenvalue weighted by Gasteiger charge is 2.30. The first-order valence-electron chi connectivity index (χ1n) is 6.35. The number of nitrogens with zero attached hydrogens (tertiary/aromatic N) is 1. The molecule has 2 rings (SSSR count). The predicted octanol–water partition coefficient (Wildman–Crippen LogP) is 2.33. The van der Waals surface area contributed by atoms with Crippen LogP contribution in [0.1, 0.15) is 25.3 Å². The van der Waals surface area contributed by atoms with Crippen LogP contribution in [0.5, 0.6) is 0 Å². The van der Waals surface area contributed by atoms with Gasteiger partial charge >= 0.3 is 0 Å². The first-order chi connectivity index (χ1) is 8.49. The van der Waals surface area contributed by atoms with Crippen LogP contribution in [0, 0.1) is 0 Å². The highest BCUT2D eigenvalue weighted by atomic mass is 32.1. The number of thiocarbonyl (C=S) groups is 1. The van der Waals surface area contributed by atoms with E-state index in [1.807, 2.05) is 0 Å². The van der Waals surface area contributed by atoms with Crippen LogP contribution in [0.25, 0.3) is 0 Å². The molecule has 0 atom stereocenters. The lowest BCUT2D eigenvalue weighted by molar-refractivity contribution is 0.200. The smallest absolute Gasteiger partial charge is 0.168 e. The number of piperidine rings is 1. The Hall–Kier alpha value is -1.13. The fraction of sp³-hybridized carbons (Fsp3) is 0.500. The minimum atomic E-state index is 0.300. The van der Waals surface area contributed by atoms with Gasteiger partial charge in [-0.1, -0.05) is 19.1 Å². The van der Waals surface area contributed by atoms with Crippen molar-refractivity contribution >= 4 is 23.0 Å². The van der Waals surface area contributed by atoms with E-state index in [-0.39, 0.29) is 0 Å². The topological polar surface area (TPSA) is 41.3 Å². The van der Waals surface area contributed by atoms with Crippen molar-refractivity contribution in [2.24, 2.45) is 5.73 Å². The average molecular weight is 263 g/mol. The number of anilines is 1. The number of rotatable bonds is 2. The SMILES string of the molecule is CN1CCC(C)(c2ccc(NC(N)=S)cc2)CC1. The van der Waals surface area contributed by atoms with E-state index in [1.165, 1.54) is 31.5 Å². The summed E-state index contributed by atoms with van der Waals surface area (Å²) in [5, 5.41) is 3.27. The van der Waals surface area contributed by atoms with E-state index in [0.717, 1.165) is 5.69 Å². The van der Waals surface area contributed by atoms with Crippen molar-refractivity contribution in [3.8, 4) is 0 Å². The molecule has 3 nitrogen and oxygen atoms in total. The monoisotopic (exact) mass is 263 g/mol. The van der Waals surface area contributed by atoms with Crippen LogP contribution in [0.15, 0.2) is 24.3 Å². The zero-order valence-electron chi connectivity index (χ0n) is 11.1. The summed E-state index contributed by atoms with van der Waals surface area (Å²) in [7, 11) is 2.19. The lowest BCUT2D eigenvalue weighted by atomic mass is 9.74. The van der Waals surface area contributed by atoms with Gasteiger partial charge in [0.1, 0.15) is 0 Å². The Bertz CT molecular complexity index is 419. The van der Waals surface area contributed by atoms with E-state index in [0.29, 0.717) is 10.5 Å². The van der Waals surface area contributed by atoms with Gasteiger partial charge in [0.05, 0.1) is 0 Å². The summed E-state index contributed by atoms with van der Waals surface area (Å²) in [5.41, 5.74) is 8.13.